The highest BCUT2D eigenvalue weighted by Gasteiger charge is 2.46. The summed E-state index contributed by atoms with van der Waals surface area (Å²) >= 11 is 1.45. The van der Waals surface area contributed by atoms with E-state index in [1.54, 1.807) is 18.2 Å². The fraction of sp³-hybridized carbons (Fsp3) is 0.368. The Morgan fingerprint density at radius 3 is 2.63 bits per heavy atom. The molecule has 0 bridgehead atoms. The molecule has 1 saturated carbocycles. The molecule has 2 aromatic rings. The monoisotopic (exact) mass is 388 g/mol. The lowest BCUT2D eigenvalue weighted by Crippen LogP contribution is -2.45. The second kappa shape index (κ2) is 7.21. The maximum atomic E-state index is 12.2. The fourth-order valence-electron chi connectivity index (χ4n) is 3.12. The van der Waals surface area contributed by atoms with Crippen LogP contribution in [0.5, 0.6) is 11.5 Å². The first-order chi connectivity index (χ1) is 13.1. The van der Waals surface area contributed by atoms with Gasteiger partial charge in [0, 0.05) is 16.6 Å². The molecule has 1 aliphatic heterocycles. The van der Waals surface area contributed by atoms with Gasteiger partial charge < -0.3 is 25.2 Å². The summed E-state index contributed by atoms with van der Waals surface area (Å²) in [4.78, 5) is 25.2. The lowest BCUT2D eigenvalue weighted by atomic mass is 9.95. The van der Waals surface area contributed by atoms with Crippen LogP contribution in [0.1, 0.15) is 17.7 Å². The van der Waals surface area contributed by atoms with Gasteiger partial charge in [-0.3, -0.25) is 9.59 Å². The molecule has 2 amide bonds. The van der Waals surface area contributed by atoms with Crippen molar-refractivity contribution in [3.63, 3.8) is 0 Å². The van der Waals surface area contributed by atoms with Gasteiger partial charge in [0.15, 0.2) is 11.5 Å². The summed E-state index contributed by atoms with van der Waals surface area (Å²) in [5.41, 5.74) is -0.684. The second-order valence-corrected chi connectivity index (χ2v) is 7.62. The molecule has 27 heavy (non-hydrogen) atoms. The molecule has 1 fully saturated rings. The molecule has 3 N–H and O–H groups in total. The number of nitrogens with one attached hydrogen (secondary N) is 2. The van der Waals surface area contributed by atoms with Crippen LogP contribution in [0.3, 0.4) is 0 Å². The first-order valence-corrected chi connectivity index (χ1v) is 9.69. The van der Waals surface area contributed by atoms with Gasteiger partial charge in [-0.1, -0.05) is 6.07 Å². The number of rotatable bonds is 5. The standard InChI is InChI=1S/C19H20N2O5S/c22-17(20-11-19(24,12-3-4-12)16-2-1-9-27-16)18(23)21-13-5-6-14-15(10-13)26-8-7-25-14/h1-2,5-6,9-10,12,24H,3-4,7-8,11H2,(H,20,22)(H,21,23). The summed E-state index contributed by atoms with van der Waals surface area (Å²) < 4.78 is 10.9. The molecule has 7 nitrogen and oxygen atoms in total. The van der Waals surface area contributed by atoms with Gasteiger partial charge in [0.2, 0.25) is 0 Å². The number of hydrogen-bond acceptors (Lipinski definition) is 6. The van der Waals surface area contributed by atoms with E-state index < -0.39 is 17.4 Å². The van der Waals surface area contributed by atoms with Crippen molar-refractivity contribution in [3.05, 3.63) is 40.6 Å². The van der Waals surface area contributed by atoms with Crippen LogP contribution in [0, 0.1) is 5.92 Å². The number of carbonyl (C=O) groups is 2. The first-order valence-electron chi connectivity index (χ1n) is 8.81. The zero-order chi connectivity index (χ0) is 18.9. The van der Waals surface area contributed by atoms with E-state index in [2.05, 4.69) is 10.6 Å². The molecule has 142 valence electrons. The van der Waals surface area contributed by atoms with Gasteiger partial charge >= 0.3 is 11.8 Å². The van der Waals surface area contributed by atoms with Crippen LogP contribution in [0.4, 0.5) is 5.69 Å². The maximum absolute atomic E-state index is 12.2. The van der Waals surface area contributed by atoms with E-state index in [9.17, 15) is 14.7 Å². The molecular formula is C19H20N2O5S. The second-order valence-electron chi connectivity index (χ2n) is 6.67. The minimum absolute atomic E-state index is 0.00553. The third-order valence-electron chi connectivity index (χ3n) is 4.73. The van der Waals surface area contributed by atoms with Crippen LogP contribution < -0.4 is 20.1 Å². The predicted octanol–water partition coefficient (Wildman–Crippen LogP) is 1.87. The first kappa shape index (κ1) is 17.8. The van der Waals surface area contributed by atoms with E-state index in [-0.39, 0.29) is 12.5 Å². The SMILES string of the molecule is O=C(NCC(O)(c1cccs1)C1CC1)C(=O)Nc1ccc2c(c1)OCCO2. The summed E-state index contributed by atoms with van der Waals surface area (Å²) in [5.74, 6) is -0.344. The van der Waals surface area contributed by atoms with Crippen molar-refractivity contribution >= 4 is 28.8 Å². The number of carbonyl (C=O) groups excluding carboxylic acids is 2. The van der Waals surface area contributed by atoms with Crippen LogP contribution in [0.15, 0.2) is 35.7 Å². The highest BCUT2D eigenvalue weighted by Crippen LogP contribution is 2.46. The van der Waals surface area contributed by atoms with E-state index in [0.717, 1.165) is 17.7 Å². The third kappa shape index (κ3) is 3.77. The zero-order valence-electron chi connectivity index (χ0n) is 14.6. The average molecular weight is 388 g/mol. The molecule has 4 rings (SSSR count). The number of fused-ring (bicyclic) bond motifs is 1. The highest BCUT2D eigenvalue weighted by molar-refractivity contribution is 7.10. The fourth-order valence-corrected chi connectivity index (χ4v) is 4.03. The summed E-state index contributed by atoms with van der Waals surface area (Å²) in [6.45, 7) is 0.925. The molecule has 8 heteroatoms. The number of ether oxygens (including phenoxy) is 2. The van der Waals surface area contributed by atoms with Crippen molar-refractivity contribution in [2.45, 2.75) is 18.4 Å². The van der Waals surface area contributed by atoms with E-state index in [1.165, 1.54) is 11.3 Å². The molecule has 1 atom stereocenters. The van der Waals surface area contributed by atoms with Crippen molar-refractivity contribution in [1.29, 1.82) is 0 Å². The smallest absolute Gasteiger partial charge is 0.313 e. The third-order valence-corrected chi connectivity index (χ3v) is 5.76. The van der Waals surface area contributed by atoms with Gasteiger partial charge in [0.05, 0.1) is 6.54 Å². The molecule has 1 aromatic carbocycles. The molecule has 2 aliphatic rings. The molecule has 1 unspecified atom stereocenters. The van der Waals surface area contributed by atoms with E-state index in [1.807, 2.05) is 17.5 Å². The Hall–Kier alpha value is -2.58. The maximum Gasteiger partial charge on any atom is 0.313 e. The van der Waals surface area contributed by atoms with E-state index >= 15 is 0 Å². The normalized spacial score (nSPS) is 17.7. The van der Waals surface area contributed by atoms with Gasteiger partial charge in [-0.05, 0) is 42.3 Å². The van der Waals surface area contributed by atoms with Crippen molar-refractivity contribution in [2.75, 3.05) is 25.1 Å². The van der Waals surface area contributed by atoms with Gasteiger partial charge in [-0.25, -0.2) is 0 Å². The molecule has 1 aliphatic carbocycles. The summed E-state index contributed by atoms with van der Waals surface area (Å²) in [7, 11) is 0. The summed E-state index contributed by atoms with van der Waals surface area (Å²) in [5, 5.41) is 18.0. The Balaban J connectivity index is 1.37. The van der Waals surface area contributed by atoms with Crippen LogP contribution in [-0.4, -0.2) is 36.7 Å². The Bertz CT molecular complexity index is 850. The van der Waals surface area contributed by atoms with Gasteiger partial charge in [-0.15, -0.1) is 11.3 Å². The van der Waals surface area contributed by atoms with Crippen LogP contribution in [0.2, 0.25) is 0 Å². The number of hydrogen-bond donors (Lipinski definition) is 3. The van der Waals surface area contributed by atoms with Crippen LogP contribution in [-0.2, 0) is 15.2 Å². The summed E-state index contributed by atoms with van der Waals surface area (Å²) in [6.07, 6.45) is 1.82. The molecule has 0 radical (unpaired) electrons. The largest absolute Gasteiger partial charge is 0.486 e. The summed E-state index contributed by atoms with van der Waals surface area (Å²) in [6, 6.07) is 8.66. The predicted molar refractivity (Wildman–Crippen MR) is 100 cm³/mol. The van der Waals surface area contributed by atoms with Crippen molar-refractivity contribution in [1.82, 2.24) is 5.32 Å². The van der Waals surface area contributed by atoms with E-state index in [0.29, 0.717) is 30.4 Å². The zero-order valence-corrected chi connectivity index (χ0v) is 15.4. The molecule has 0 saturated heterocycles. The van der Waals surface area contributed by atoms with Crippen LogP contribution in [0.25, 0.3) is 0 Å². The van der Waals surface area contributed by atoms with Crippen LogP contribution >= 0.6 is 11.3 Å². The molecular weight excluding hydrogens is 368 g/mol. The number of aliphatic hydroxyl groups is 1. The molecule has 2 heterocycles. The molecule has 0 spiro atoms. The quantitative estimate of drug-likeness (QED) is 0.680. The number of anilines is 1. The van der Waals surface area contributed by atoms with Crippen molar-refractivity contribution in [2.24, 2.45) is 5.92 Å². The van der Waals surface area contributed by atoms with Gasteiger partial charge in [0.1, 0.15) is 18.8 Å². The Morgan fingerprint density at radius 1 is 1.15 bits per heavy atom. The topological polar surface area (TPSA) is 96.9 Å². The van der Waals surface area contributed by atoms with Crippen molar-refractivity contribution < 1.29 is 24.2 Å². The van der Waals surface area contributed by atoms with Gasteiger partial charge in [0.25, 0.3) is 0 Å². The Kier molecular flexibility index (Phi) is 4.75. The Labute approximate surface area is 160 Å². The lowest BCUT2D eigenvalue weighted by molar-refractivity contribution is -0.137. The van der Waals surface area contributed by atoms with E-state index in [4.69, 9.17) is 9.47 Å². The Morgan fingerprint density at radius 2 is 1.93 bits per heavy atom. The van der Waals surface area contributed by atoms with Gasteiger partial charge in [-0.2, -0.15) is 0 Å². The highest BCUT2D eigenvalue weighted by atomic mass is 32.1. The minimum atomic E-state index is -1.12. The number of benzene rings is 1. The molecule has 1 aromatic heterocycles. The number of amides is 2. The minimum Gasteiger partial charge on any atom is -0.486 e. The van der Waals surface area contributed by atoms with Crippen molar-refractivity contribution in [3.8, 4) is 11.5 Å². The average Bonchev–Trinajstić information content (AvgIpc) is 3.40. The lowest BCUT2D eigenvalue weighted by Gasteiger charge is -2.27. The number of thiophene rings is 1.